The highest BCUT2D eigenvalue weighted by Gasteiger charge is 2.22. The van der Waals surface area contributed by atoms with Gasteiger partial charge in [-0.25, -0.2) is 4.98 Å². The van der Waals surface area contributed by atoms with Crippen LogP contribution in [0.2, 0.25) is 5.02 Å². The summed E-state index contributed by atoms with van der Waals surface area (Å²) in [5.41, 5.74) is 0.376. The molecule has 0 bridgehead atoms. The minimum atomic E-state index is -4.68. The van der Waals surface area contributed by atoms with E-state index in [0.717, 1.165) is 6.07 Å². The number of aliphatic hydroxyl groups excluding tert-OH is 1. The molecule has 0 amide bonds. The number of nitrogens with zero attached hydrogens (tertiary/aromatic N) is 1. The molecule has 40 heavy (non-hydrogen) atoms. The molecule has 0 atom stereocenters. The minimum absolute atomic E-state index is 0.0116. The molecule has 2 aliphatic rings. The molecule has 4 aromatic carbocycles. The van der Waals surface area contributed by atoms with Gasteiger partial charge in [-0.15, -0.1) is 0 Å². The lowest BCUT2D eigenvalue weighted by molar-refractivity contribution is 0.483. The standard InChI is InChI=1S/C30H19ClN2O6S/c1-15-13-21(32-20-12-11-17(31)14-22(20)40(37,38)39)24-25-23(18-9-5-6-10-19(18)29(24)35)26(30(36)33-27(15)25)28(34)16-7-3-2-4-8-16/h2-14,32,34H,1H3,(H,37,38,39)/b28-26-. The Morgan fingerprint density at radius 1 is 0.875 bits per heavy atom. The summed E-state index contributed by atoms with van der Waals surface area (Å²) in [6.45, 7) is 1.71. The van der Waals surface area contributed by atoms with Crippen molar-refractivity contribution in [2.75, 3.05) is 5.32 Å². The van der Waals surface area contributed by atoms with Crippen LogP contribution < -0.4 is 21.5 Å². The van der Waals surface area contributed by atoms with Crippen molar-refractivity contribution in [1.29, 1.82) is 0 Å². The monoisotopic (exact) mass is 570 g/mol. The first-order valence-corrected chi connectivity index (χ1v) is 13.9. The first kappa shape index (κ1) is 25.7. The highest BCUT2D eigenvalue weighted by Crippen LogP contribution is 2.32. The Kier molecular flexibility index (Phi) is 5.95. The summed E-state index contributed by atoms with van der Waals surface area (Å²) in [7, 11) is -4.68. The Morgan fingerprint density at radius 3 is 2.25 bits per heavy atom. The van der Waals surface area contributed by atoms with Gasteiger partial charge in [0.2, 0.25) is 0 Å². The van der Waals surface area contributed by atoms with E-state index in [1.165, 1.54) is 12.1 Å². The van der Waals surface area contributed by atoms with Crippen molar-refractivity contribution in [2.45, 2.75) is 11.8 Å². The van der Waals surface area contributed by atoms with Crippen LogP contribution in [0.25, 0.3) is 27.4 Å². The van der Waals surface area contributed by atoms with Gasteiger partial charge in [0.05, 0.1) is 27.5 Å². The number of aliphatic hydroxyl groups is 1. The molecule has 0 saturated heterocycles. The number of hydrogen-bond acceptors (Lipinski definition) is 7. The normalized spacial score (nSPS) is 12.8. The van der Waals surface area contributed by atoms with Gasteiger partial charge < -0.3 is 10.4 Å². The quantitative estimate of drug-likeness (QED) is 0.261. The Hall–Kier alpha value is -4.57. The van der Waals surface area contributed by atoms with Crippen molar-refractivity contribution >= 4 is 60.5 Å². The van der Waals surface area contributed by atoms with Gasteiger partial charge in [0.25, 0.3) is 15.7 Å². The molecule has 0 fully saturated rings. The zero-order valence-corrected chi connectivity index (χ0v) is 22.3. The molecule has 10 heteroatoms. The Morgan fingerprint density at radius 2 is 1.55 bits per heavy atom. The number of rotatable bonds is 4. The van der Waals surface area contributed by atoms with Crippen LogP contribution in [-0.2, 0) is 10.1 Å². The molecule has 1 aliphatic carbocycles. The lowest BCUT2D eigenvalue weighted by atomic mass is 9.95. The third-order valence-electron chi connectivity index (χ3n) is 6.86. The molecule has 4 aromatic rings. The van der Waals surface area contributed by atoms with Crippen LogP contribution in [0.4, 0.5) is 11.4 Å². The molecule has 1 heterocycles. The van der Waals surface area contributed by atoms with Crippen LogP contribution in [0.1, 0.15) is 11.1 Å². The summed E-state index contributed by atoms with van der Waals surface area (Å²) in [6, 6.07) is 20.8. The zero-order valence-electron chi connectivity index (χ0n) is 20.8. The van der Waals surface area contributed by atoms with Crippen molar-refractivity contribution in [1.82, 2.24) is 4.98 Å². The molecule has 8 nitrogen and oxygen atoms in total. The number of nitrogens with one attached hydrogen (secondary N) is 1. The van der Waals surface area contributed by atoms with Crippen LogP contribution in [0.3, 0.4) is 0 Å². The summed E-state index contributed by atoms with van der Waals surface area (Å²) >= 11 is 5.99. The molecule has 0 aromatic heterocycles. The molecular weight excluding hydrogens is 552 g/mol. The smallest absolute Gasteiger partial charge is 0.296 e. The molecule has 198 valence electrons. The van der Waals surface area contributed by atoms with Crippen LogP contribution in [0, 0.1) is 17.4 Å². The predicted octanol–water partition coefficient (Wildman–Crippen LogP) is 4.66. The maximum atomic E-state index is 14.0. The van der Waals surface area contributed by atoms with Gasteiger partial charge in [0.15, 0.2) is 5.43 Å². The van der Waals surface area contributed by atoms with Gasteiger partial charge in [-0.2, -0.15) is 8.42 Å². The minimum Gasteiger partial charge on any atom is -0.506 e. The largest absolute Gasteiger partial charge is 0.506 e. The zero-order chi connectivity index (χ0) is 28.3. The van der Waals surface area contributed by atoms with E-state index >= 15 is 0 Å². The van der Waals surface area contributed by atoms with Gasteiger partial charge in [-0.05, 0) is 42.1 Å². The van der Waals surface area contributed by atoms with Crippen molar-refractivity contribution in [3.63, 3.8) is 0 Å². The van der Waals surface area contributed by atoms with Gasteiger partial charge in [0.1, 0.15) is 10.7 Å². The SMILES string of the molecule is Cc1cc(Nc2ccc(Cl)cc2S(=O)(=O)O)c2c3c1nc(=O)/c(=C(\O)c1ccccc1)c=3c1ccccc1c2=O. The van der Waals surface area contributed by atoms with Gasteiger partial charge in [-0.1, -0.05) is 66.2 Å². The predicted molar refractivity (Wildman–Crippen MR) is 154 cm³/mol. The fraction of sp³-hybridized carbons (Fsp3) is 0.0333. The average Bonchev–Trinajstić information content (AvgIpc) is 2.93. The van der Waals surface area contributed by atoms with Crippen molar-refractivity contribution < 1.29 is 18.1 Å². The number of fused-ring (bicyclic) bond motifs is 2. The van der Waals surface area contributed by atoms with Gasteiger partial charge in [-0.3, -0.25) is 14.1 Å². The van der Waals surface area contributed by atoms with Crippen LogP contribution >= 0.6 is 11.6 Å². The molecule has 1 aliphatic heterocycles. The first-order chi connectivity index (χ1) is 19.1. The Labute approximate surface area is 231 Å². The second kappa shape index (κ2) is 9.27. The van der Waals surface area contributed by atoms with Crippen LogP contribution in [-0.4, -0.2) is 23.1 Å². The summed E-state index contributed by atoms with van der Waals surface area (Å²) in [4.78, 5) is 31.3. The average molecular weight is 571 g/mol. The van der Waals surface area contributed by atoms with Gasteiger partial charge >= 0.3 is 0 Å². The molecular formula is C30H19ClN2O6S. The number of aryl methyl sites for hydroxylation is 1. The lowest BCUT2D eigenvalue weighted by Gasteiger charge is -2.16. The van der Waals surface area contributed by atoms with Crippen molar-refractivity contribution in [3.8, 4) is 0 Å². The van der Waals surface area contributed by atoms with E-state index in [0.29, 0.717) is 32.3 Å². The lowest BCUT2D eigenvalue weighted by Crippen LogP contribution is -2.33. The fourth-order valence-electron chi connectivity index (χ4n) is 5.14. The van der Waals surface area contributed by atoms with E-state index in [4.69, 9.17) is 11.6 Å². The summed E-state index contributed by atoms with van der Waals surface area (Å²) < 4.78 is 34.1. The van der Waals surface area contributed by atoms with E-state index in [-0.39, 0.29) is 43.7 Å². The van der Waals surface area contributed by atoms with E-state index in [2.05, 4.69) is 10.3 Å². The van der Waals surface area contributed by atoms with Crippen LogP contribution in [0.15, 0.2) is 93.3 Å². The molecule has 0 saturated carbocycles. The summed E-state index contributed by atoms with van der Waals surface area (Å²) in [6.07, 6.45) is 0. The molecule has 6 rings (SSSR count). The second-order valence-corrected chi connectivity index (χ2v) is 11.2. The molecule has 3 N–H and O–H groups in total. The third-order valence-corrected chi connectivity index (χ3v) is 7.99. The summed E-state index contributed by atoms with van der Waals surface area (Å²) in [5.74, 6) is -0.285. The maximum absolute atomic E-state index is 14.0. The Balaban J connectivity index is 1.87. The number of benzene rings is 4. The number of halogens is 1. The number of anilines is 2. The van der Waals surface area contributed by atoms with Crippen molar-refractivity contribution in [3.05, 3.63) is 131 Å². The highest BCUT2D eigenvalue weighted by molar-refractivity contribution is 7.86. The number of aromatic nitrogens is 1. The van der Waals surface area contributed by atoms with E-state index in [1.807, 2.05) is 0 Å². The second-order valence-electron chi connectivity index (χ2n) is 9.34. The Bertz CT molecular complexity index is 2350. The molecule has 0 spiro atoms. The van der Waals surface area contributed by atoms with E-state index in [9.17, 15) is 27.7 Å². The highest BCUT2D eigenvalue weighted by atomic mass is 35.5. The summed E-state index contributed by atoms with van der Waals surface area (Å²) in [5, 5.41) is 15.9. The first-order valence-electron chi connectivity index (χ1n) is 12.0. The number of hydrogen-bond donors (Lipinski definition) is 3. The fourth-order valence-corrected chi connectivity index (χ4v) is 6.05. The molecule has 0 radical (unpaired) electrons. The van der Waals surface area contributed by atoms with E-state index < -0.39 is 20.6 Å². The topological polar surface area (TPSA) is 134 Å². The van der Waals surface area contributed by atoms with Crippen molar-refractivity contribution in [2.24, 2.45) is 0 Å². The maximum Gasteiger partial charge on any atom is 0.296 e. The van der Waals surface area contributed by atoms with Crippen LogP contribution in [0.5, 0.6) is 0 Å². The third kappa shape index (κ3) is 4.03. The molecule has 0 unspecified atom stereocenters. The van der Waals surface area contributed by atoms with Gasteiger partial charge in [0, 0.05) is 26.4 Å². The van der Waals surface area contributed by atoms with E-state index in [1.54, 1.807) is 67.6 Å².